The molecule has 9 heteroatoms. The lowest BCUT2D eigenvalue weighted by Gasteiger charge is -2.13. The van der Waals surface area contributed by atoms with Crippen LogP contribution < -0.4 is 10.6 Å². The van der Waals surface area contributed by atoms with Gasteiger partial charge >= 0.3 is 0 Å². The molecular formula is C33H30N8O. The van der Waals surface area contributed by atoms with Crippen LogP contribution in [0.3, 0.4) is 0 Å². The van der Waals surface area contributed by atoms with Crippen LogP contribution in [0.4, 0.5) is 5.82 Å². The Labute approximate surface area is 243 Å². The number of rotatable bonds is 5. The quantitative estimate of drug-likeness (QED) is 0.294. The van der Waals surface area contributed by atoms with Crippen LogP contribution in [0.1, 0.15) is 29.4 Å². The van der Waals surface area contributed by atoms with E-state index in [0.717, 1.165) is 55.9 Å². The van der Waals surface area contributed by atoms with E-state index in [0.29, 0.717) is 11.5 Å². The van der Waals surface area contributed by atoms with E-state index in [2.05, 4.69) is 38.5 Å². The molecule has 0 bridgehead atoms. The van der Waals surface area contributed by atoms with Crippen molar-refractivity contribution in [1.82, 2.24) is 34.2 Å². The number of pyridine rings is 3. The summed E-state index contributed by atoms with van der Waals surface area (Å²) in [5.74, 6) is 6.85. The number of hydrogen-bond acceptors (Lipinski definition) is 6. The number of anilines is 1. The molecule has 42 heavy (non-hydrogen) atoms. The Bertz CT molecular complexity index is 2040. The van der Waals surface area contributed by atoms with Gasteiger partial charge in [-0.3, -0.25) is 14.2 Å². The molecule has 0 aliphatic carbocycles. The number of carbonyl (C=O) groups excluding carboxylic acids is 1. The Balaban J connectivity index is 1.55. The molecule has 5 heterocycles. The lowest BCUT2D eigenvalue weighted by atomic mass is 10.0. The number of imidazole rings is 2. The van der Waals surface area contributed by atoms with E-state index in [1.807, 2.05) is 72.5 Å². The molecule has 5 aromatic heterocycles. The zero-order valence-corrected chi connectivity index (χ0v) is 24.1. The molecular weight excluding hydrogens is 524 g/mol. The topological polar surface area (TPSA) is 102 Å². The van der Waals surface area contributed by atoms with E-state index in [1.165, 1.54) is 0 Å². The second kappa shape index (κ2) is 10.9. The highest BCUT2D eigenvalue weighted by molar-refractivity contribution is 5.94. The number of fused-ring (bicyclic) bond motifs is 2. The second-order valence-electron chi connectivity index (χ2n) is 10.3. The van der Waals surface area contributed by atoms with Crippen LogP contribution in [0.2, 0.25) is 0 Å². The molecule has 0 radical (unpaired) electrons. The van der Waals surface area contributed by atoms with Gasteiger partial charge in [-0.1, -0.05) is 12.0 Å². The summed E-state index contributed by atoms with van der Waals surface area (Å²) in [6.45, 7) is 5.83. The van der Waals surface area contributed by atoms with Crippen molar-refractivity contribution < 1.29 is 4.79 Å². The molecule has 6 aromatic rings. The fourth-order valence-electron chi connectivity index (χ4n) is 4.89. The average molecular weight is 555 g/mol. The van der Waals surface area contributed by atoms with E-state index in [1.54, 1.807) is 38.8 Å². The van der Waals surface area contributed by atoms with Crippen LogP contribution >= 0.6 is 0 Å². The second-order valence-corrected chi connectivity index (χ2v) is 10.3. The highest BCUT2D eigenvalue weighted by Crippen LogP contribution is 2.34. The first-order chi connectivity index (χ1) is 20.3. The number of aromatic nitrogens is 6. The molecule has 2 N–H and O–H groups in total. The number of carbonyl (C=O) groups is 1. The summed E-state index contributed by atoms with van der Waals surface area (Å²) in [7, 11) is 3.68. The first-order valence-corrected chi connectivity index (χ1v) is 13.6. The summed E-state index contributed by atoms with van der Waals surface area (Å²) in [6, 6.07) is 15.5. The zero-order chi connectivity index (χ0) is 29.4. The fraction of sp³-hybridized carbons (Fsp3) is 0.182. The molecule has 0 saturated carbocycles. The van der Waals surface area contributed by atoms with Crippen LogP contribution in [0.5, 0.6) is 0 Å². The van der Waals surface area contributed by atoms with Crippen molar-refractivity contribution in [2.75, 3.05) is 12.4 Å². The van der Waals surface area contributed by atoms with Crippen LogP contribution in [-0.4, -0.2) is 47.9 Å². The van der Waals surface area contributed by atoms with E-state index in [-0.39, 0.29) is 11.9 Å². The third-order valence-corrected chi connectivity index (χ3v) is 7.36. The number of aryl methyl sites for hydroxylation is 3. The minimum absolute atomic E-state index is 0.184. The molecule has 1 unspecified atom stereocenters. The van der Waals surface area contributed by atoms with Crippen LogP contribution in [0.15, 0.2) is 73.4 Å². The largest absolute Gasteiger partial charge is 0.332 e. The van der Waals surface area contributed by atoms with Gasteiger partial charge in [-0.15, -0.1) is 0 Å². The fourth-order valence-corrected chi connectivity index (χ4v) is 4.89. The Hall–Kier alpha value is -5.33. The molecule has 208 valence electrons. The minimum atomic E-state index is -0.380. The molecule has 9 nitrogen and oxygen atoms in total. The zero-order valence-electron chi connectivity index (χ0n) is 24.1. The molecule has 0 aliphatic heterocycles. The predicted molar refractivity (Wildman–Crippen MR) is 165 cm³/mol. The Kier molecular flexibility index (Phi) is 6.98. The Morgan fingerprint density at radius 2 is 1.88 bits per heavy atom. The third-order valence-electron chi connectivity index (χ3n) is 7.36. The summed E-state index contributed by atoms with van der Waals surface area (Å²) < 4.78 is 3.99. The van der Waals surface area contributed by atoms with Gasteiger partial charge in [0.15, 0.2) is 0 Å². The highest BCUT2D eigenvalue weighted by atomic mass is 16.2. The summed E-state index contributed by atoms with van der Waals surface area (Å²) in [5.41, 5.74) is 7.50. The first kappa shape index (κ1) is 26.9. The van der Waals surface area contributed by atoms with E-state index < -0.39 is 0 Å². The number of hydrogen-bond donors (Lipinski definition) is 2. The van der Waals surface area contributed by atoms with Crippen molar-refractivity contribution in [3.63, 3.8) is 0 Å². The maximum atomic E-state index is 12.7. The lowest BCUT2D eigenvalue weighted by Crippen LogP contribution is -2.35. The van der Waals surface area contributed by atoms with Crippen molar-refractivity contribution in [2.45, 2.75) is 26.8 Å². The van der Waals surface area contributed by atoms with Gasteiger partial charge in [-0.2, -0.15) is 0 Å². The summed E-state index contributed by atoms with van der Waals surface area (Å²) >= 11 is 0. The van der Waals surface area contributed by atoms with Gasteiger partial charge in [0.25, 0.3) is 0 Å². The highest BCUT2D eigenvalue weighted by Gasteiger charge is 2.22. The maximum absolute atomic E-state index is 12.7. The molecule has 0 aliphatic rings. The standard InChI is InChI=1S/C33H30N8O/c1-20-13-15-41-30(16-20)39-31(28-18-35-19-40(28)5)32(41)26-9-11-29(38-33(42)22(3)34-4)37-27(26)10-7-23-6-8-25-21(2)36-14-12-24(25)17-23/h6,8-9,11-19,22,34H,1-5H3,(H,37,38,42). The smallest absolute Gasteiger partial charge is 0.242 e. The number of benzene rings is 1. The number of amides is 1. The van der Waals surface area contributed by atoms with Crippen LogP contribution in [0, 0.1) is 25.7 Å². The number of nitrogens with zero attached hydrogens (tertiary/aromatic N) is 6. The van der Waals surface area contributed by atoms with Crippen LogP contribution in [0.25, 0.3) is 39.1 Å². The van der Waals surface area contributed by atoms with Gasteiger partial charge in [0, 0.05) is 41.6 Å². The molecule has 1 amide bonds. The maximum Gasteiger partial charge on any atom is 0.242 e. The van der Waals surface area contributed by atoms with Crippen molar-refractivity contribution in [3.8, 4) is 34.5 Å². The van der Waals surface area contributed by atoms with Gasteiger partial charge in [-0.25, -0.2) is 15.0 Å². The predicted octanol–water partition coefficient (Wildman–Crippen LogP) is 4.91. The first-order valence-electron chi connectivity index (χ1n) is 13.6. The van der Waals surface area contributed by atoms with E-state index in [4.69, 9.17) is 9.97 Å². The number of nitrogens with one attached hydrogen (secondary N) is 2. The molecule has 6 rings (SSSR count). The molecule has 0 fully saturated rings. The normalized spacial score (nSPS) is 11.8. The SMILES string of the molecule is CNC(C)C(=O)Nc1ccc(-c2c(-c3cncn3C)nc3cc(C)ccn23)c(C#Cc2ccc3c(C)nccc3c2)n1. The van der Waals surface area contributed by atoms with Crippen LogP contribution in [-0.2, 0) is 11.8 Å². The van der Waals surface area contributed by atoms with Crippen molar-refractivity contribution >= 4 is 28.1 Å². The van der Waals surface area contributed by atoms with Crippen molar-refractivity contribution in [1.29, 1.82) is 0 Å². The average Bonchev–Trinajstić information content (AvgIpc) is 3.58. The van der Waals surface area contributed by atoms with E-state index >= 15 is 0 Å². The lowest BCUT2D eigenvalue weighted by molar-refractivity contribution is -0.117. The number of likely N-dealkylation sites (N-methyl/N-ethyl adjacent to an activating group) is 1. The molecule has 0 saturated heterocycles. The molecule has 0 spiro atoms. The molecule has 1 atom stereocenters. The van der Waals surface area contributed by atoms with Crippen molar-refractivity contribution in [2.24, 2.45) is 7.05 Å². The minimum Gasteiger partial charge on any atom is -0.332 e. The molecule has 1 aromatic carbocycles. The van der Waals surface area contributed by atoms with Gasteiger partial charge in [0.05, 0.1) is 30.0 Å². The summed E-state index contributed by atoms with van der Waals surface area (Å²) in [4.78, 5) is 31.2. The summed E-state index contributed by atoms with van der Waals surface area (Å²) in [5, 5.41) is 8.03. The van der Waals surface area contributed by atoms with Gasteiger partial charge < -0.3 is 15.2 Å². The van der Waals surface area contributed by atoms with Gasteiger partial charge in [0.2, 0.25) is 5.91 Å². The summed E-state index contributed by atoms with van der Waals surface area (Å²) in [6.07, 6.45) is 7.37. The Morgan fingerprint density at radius 3 is 2.67 bits per heavy atom. The van der Waals surface area contributed by atoms with Gasteiger partial charge in [0.1, 0.15) is 22.9 Å². The van der Waals surface area contributed by atoms with Crippen molar-refractivity contribution in [3.05, 3.63) is 96.0 Å². The third kappa shape index (κ3) is 5.00. The Morgan fingerprint density at radius 1 is 1.02 bits per heavy atom. The van der Waals surface area contributed by atoms with Gasteiger partial charge in [-0.05, 0) is 87.2 Å². The van der Waals surface area contributed by atoms with E-state index in [9.17, 15) is 4.79 Å². The monoisotopic (exact) mass is 554 g/mol.